The number of benzene rings is 1. The summed E-state index contributed by atoms with van der Waals surface area (Å²) in [4.78, 5) is 11.4. The quantitative estimate of drug-likeness (QED) is 0.837. The summed E-state index contributed by atoms with van der Waals surface area (Å²) in [6.07, 6.45) is 1.04. The van der Waals surface area contributed by atoms with Crippen LogP contribution in [0.5, 0.6) is 5.75 Å². The van der Waals surface area contributed by atoms with Gasteiger partial charge in [-0.05, 0) is 30.4 Å². The van der Waals surface area contributed by atoms with Crippen molar-refractivity contribution in [2.24, 2.45) is 11.8 Å². The van der Waals surface area contributed by atoms with Crippen LogP contribution >= 0.6 is 10.7 Å². The summed E-state index contributed by atoms with van der Waals surface area (Å²) in [6.45, 7) is 2.55. The molecule has 0 bridgehead atoms. The van der Waals surface area contributed by atoms with E-state index in [1.807, 2.05) is 0 Å². The lowest BCUT2D eigenvalue weighted by Gasteiger charge is -2.10. The number of hydrogen-bond acceptors (Lipinski definition) is 4. The molecule has 1 aromatic rings. The lowest BCUT2D eigenvalue weighted by molar-refractivity contribution is 0.0950. The summed E-state index contributed by atoms with van der Waals surface area (Å²) >= 11 is 0. The second-order valence-electron chi connectivity index (χ2n) is 5.11. The highest BCUT2D eigenvalue weighted by atomic mass is 35.7. The van der Waals surface area contributed by atoms with E-state index in [0.29, 0.717) is 18.4 Å². The zero-order valence-electron chi connectivity index (χ0n) is 11.5. The number of carbonyl (C=O) groups is 1. The Hall–Kier alpha value is -1.34. The van der Waals surface area contributed by atoms with Gasteiger partial charge in [0.2, 0.25) is 0 Å². The molecule has 0 heterocycles. The highest BCUT2D eigenvalue weighted by molar-refractivity contribution is 8.13. The normalized spacial score (nSPS) is 21.0. The molecular formula is C13H15ClFNO4S. The Labute approximate surface area is 126 Å². The summed E-state index contributed by atoms with van der Waals surface area (Å²) in [5.74, 6) is -1.01. The third-order valence-corrected chi connectivity index (χ3v) is 4.87. The van der Waals surface area contributed by atoms with Crippen LogP contribution in [0.1, 0.15) is 23.7 Å². The highest BCUT2D eigenvalue weighted by Crippen LogP contribution is 2.37. The number of amides is 1. The molecule has 21 heavy (non-hydrogen) atoms. The van der Waals surface area contributed by atoms with Gasteiger partial charge in [-0.15, -0.1) is 0 Å². The molecule has 0 saturated heterocycles. The molecule has 8 heteroatoms. The number of ether oxygens (including phenoxy) is 1. The molecule has 1 N–H and O–H groups in total. The number of nitrogens with one attached hydrogen (secondary N) is 1. The molecule has 0 aromatic heterocycles. The topological polar surface area (TPSA) is 72.5 Å². The summed E-state index contributed by atoms with van der Waals surface area (Å²) in [6, 6.07) is 1.94. The third kappa shape index (κ3) is 3.65. The van der Waals surface area contributed by atoms with Gasteiger partial charge in [0.15, 0.2) is 11.6 Å². The zero-order chi connectivity index (χ0) is 15.8. The molecule has 1 saturated carbocycles. The molecule has 5 nitrogen and oxygen atoms in total. The average Bonchev–Trinajstić information content (AvgIpc) is 3.10. The van der Waals surface area contributed by atoms with E-state index in [-0.39, 0.29) is 5.56 Å². The maximum absolute atomic E-state index is 13.8. The van der Waals surface area contributed by atoms with Crippen molar-refractivity contribution in [3.05, 3.63) is 23.5 Å². The van der Waals surface area contributed by atoms with Gasteiger partial charge in [-0.25, -0.2) is 12.8 Å². The molecular weight excluding hydrogens is 321 g/mol. The van der Waals surface area contributed by atoms with Gasteiger partial charge in [0.05, 0.1) is 7.11 Å². The molecule has 0 radical (unpaired) electrons. The minimum absolute atomic E-state index is 0.110. The van der Waals surface area contributed by atoms with Gasteiger partial charge < -0.3 is 10.1 Å². The molecule has 0 aliphatic heterocycles. The van der Waals surface area contributed by atoms with Crippen molar-refractivity contribution in [2.45, 2.75) is 18.2 Å². The lowest BCUT2D eigenvalue weighted by Crippen LogP contribution is -2.26. The van der Waals surface area contributed by atoms with Gasteiger partial charge in [0.25, 0.3) is 15.0 Å². The molecule has 2 rings (SSSR count). The van der Waals surface area contributed by atoms with Crippen molar-refractivity contribution in [2.75, 3.05) is 13.7 Å². The second-order valence-corrected chi connectivity index (χ2v) is 7.64. The number of hydrogen-bond donors (Lipinski definition) is 1. The molecule has 116 valence electrons. The van der Waals surface area contributed by atoms with E-state index in [0.717, 1.165) is 25.7 Å². The highest BCUT2D eigenvalue weighted by Gasteiger charge is 2.32. The van der Waals surface area contributed by atoms with Crippen molar-refractivity contribution < 1.29 is 22.3 Å². The Morgan fingerprint density at radius 2 is 2.14 bits per heavy atom. The van der Waals surface area contributed by atoms with Gasteiger partial charge in [0, 0.05) is 22.8 Å². The van der Waals surface area contributed by atoms with Crippen LogP contribution in [-0.2, 0) is 9.05 Å². The molecule has 1 fully saturated rings. The van der Waals surface area contributed by atoms with Crippen molar-refractivity contribution in [3.8, 4) is 5.75 Å². The van der Waals surface area contributed by atoms with Crippen LogP contribution in [-0.4, -0.2) is 28.0 Å². The first-order valence-electron chi connectivity index (χ1n) is 6.34. The van der Waals surface area contributed by atoms with Crippen LogP contribution < -0.4 is 10.1 Å². The van der Waals surface area contributed by atoms with Crippen molar-refractivity contribution in [1.82, 2.24) is 5.32 Å². The lowest BCUT2D eigenvalue weighted by atomic mass is 10.2. The van der Waals surface area contributed by atoms with Crippen molar-refractivity contribution in [1.29, 1.82) is 0 Å². The second kappa shape index (κ2) is 5.81. The fourth-order valence-corrected chi connectivity index (χ4v) is 3.10. The fraction of sp³-hybridized carbons (Fsp3) is 0.462. The maximum Gasteiger partial charge on any atom is 0.265 e. The smallest absolute Gasteiger partial charge is 0.265 e. The van der Waals surface area contributed by atoms with E-state index < -0.39 is 31.4 Å². The standard InChI is InChI=1S/C13H15ClFNO4S/c1-7-3-9(7)6-16-13(17)8-4-10(15)12(20-2)11(5-8)21(14,18)19/h4-5,7,9H,3,6H2,1-2H3,(H,16,17). The monoisotopic (exact) mass is 335 g/mol. The Morgan fingerprint density at radius 1 is 1.52 bits per heavy atom. The molecule has 1 amide bonds. The predicted molar refractivity (Wildman–Crippen MR) is 75.6 cm³/mol. The van der Waals surface area contributed by atoms with Crippen LogP contribution in [0.4, 0.5) is 4.39 Å². The van der Waals surface area contributed by atoms with Crippen LogP contribution in [0, 0.1) is 17.7 Å². The first-order chi connectivity index (χ1) is 9.74. The molecule has 1 aliphatic rings. The van der Waals surface area contributed by atoms with E-state index >= 15 is 0 Å². The van der Waals surface area contributed by atoms with Gasteiger partial charge in [0.1, 0.15) is 4.90 Å². The van der Waals surface area contributed by atoms with E-state index in [1.54, 1.807) is 0 Å². The first-order valence-corrected chi connectivity index (χ1v) is 8.65. The molecule has 2 atom stereocenters. The van der Waals surface area contributed by atoms with E-state index in [4.69, 9.17) is 10.7 Å². The van der Waals surface area contributed by atoms with Gasteiger partial charge in [-0.3, -0.25) is 4.79 Å². The van der Waals surface area contributed by atoms with Crippen LogP contribution in [0.15, 0.2) is 17.0 Å². The Kier molecular flexibility index (Phi) is 4.43. The maximum atomic E-state index is 13.8. The van der Waals surface area contributed by atoms with Gasteiger partial charge in [-0.1, -0.05) is 6.92 Å². The number of carbonyl (C=O) groups excluding carboxylic acids is 1. The third-order valence-electron chi connectivity index (χ3n) is 3.54. The largest absolute Gasteiger partial charge is 0.492 e. The van der Waals surface area contributed by atoms with Gasteiger partial charge in [-0.2, -0.15) is 0 Å². The molecule has 1 aliphatic carbocycles. The Bertz CT molecular complexity index is 677. The van der Waals surface area contributed by atoms with Crippen molar-refractivity contribution in [3.63, 3.8) is 0 Å². The molecule has 2 unspecified atom stereocenters. The molecule has 0 spiro atoms. The summed E-state index contributed by atoms with van der Waals surface area (Å²) in [5.41, 5.74) is -0.110. The average molecular weight is 336 g/mol. The number of methoxy groups -OCH3 is 1. The zero-order valence-corrected chi connectivity index (χ0v) is 13.1. The van der Waals surface area contributed by atoms with Crippen molar-refractivity contribution >= 4 is 25.6 Å². The van der Waals surface area contributed by atoms with Crippen LogP contribution in [0.2, 0.25) is 0 Å². The molecule has 1 aromatic carbocycles. The van der Waals surface area contributed by atoms with E-state index in [2.05, 4.69) is 17.0 Å². The predicted octanol–water partition coefficient (Wildman–Crippen LogP) is 2.15. The minimum atomic E-state index is -4.22. The fourth-order valence-electron chi connectivity index (χ4n) is 2.09. The number of rotatable bonds is 5. The van der Waals surface area contributed by atoms with Crippen LogP contribution in [0.25, 0.3) is 0 Å². The van der Waals surface area contributed by atoms with E-state index in [1.165, 1.54) is 0 Å². The van der Waals surface area contributed by atoms with Gasteiger partial charge >= 0.3 is 0 Å². The van der Waals surface area contributed by atoms with Crippen LogP contribution in [0.3, 0.4) is 0 Å². The number of halogens is 2. The summed E-state index contributed by atoms with van der Waals surface area (Å²) < 4.78 is 41.4. The SMILES string of the molecule is COc1c(F)cc(C(=O)NCC2CC2C)cc1S(=O)(=O)Cl. The first kappa shape index (κ1) is 16.0. The van der Waals surface area contributed by atoms with E-state index in [9.17, 15) is 17.6 Å². The minimum Gasteiger partial charge on any atom is -0.492 e. The summed E-state index contributed by atoms with van der Waals surface area (Å²) in [5, 5.41) is 2.65. The Balaban J connectivity index is 2.27. The Morgan fingerprint density at radius 3 is 2.62 bits per heavy atom. The summed E-state index contributed by atoms with van der Waals surface area (Å²) in [7, 11) is 2.14.